The summed E-state index contributed by atoms with van der Waals surface area (Å²) in [6.07, 6.45) is 8.83. The number of fused-ring (bicyclic) bond motifs is 2. The number of aromatic hydroxyl groups is 1. The normalized spacial score (nSPS) is 11.3. The van der Waals surface area contributed by atoms with E-state index in [4.69, 9.17) is 23.6 Å². The number of para-hydroxylation sites is 1. The zero-order valence-corrected chi connectivity index (χ0v) is 27.4. The molecule has 0 fully saturated rings. The van der Waals surface area contributed by atoms with Crippen LogP contribution < -0.4 is 19.8 Å². The molecule has 0 saturated heterocycles. The van der Waals surface area contributed by atoms with Gasteiger partial charge in [0.05, 0.1) is 41.5 Å². The van der Waals surface area contributed by atoms with Crippen LogP contribution in [0.4, 0.5) is 0 Å². The van der Waals surface area contributed by atoms with Gasteiger partial charge in [-0.1, -0.05) is 81.0 Å². The quantitative estimate of drug-likeness (QED) is 0.0824. The standard InChI is InChI=1S/C39H39NO6S/c1-43-28-19-20-34(31(23-28)39-40-32-17-11-12-18-36(32)47-39)45-22-14-7-5-3-2-4-6-13-21-44-29-24-33(41)38-30(27-15-9-8-10-16-27)26-37(42)46-35(38)25-29/h8-12,15-20,23-26,41H,2-7,13-14,21-22H2,1H3. The number of phenols is 1. The minimum Gasteiger partial charge on any atom is -0.507 e. The predicted octanol–water partition coefficient (Wildman–Crippen LogP) is 10.0. The van der Waals surface area contributed by atoms with E-state index >= 15 is 0 Å². The molecule has 0 bridgehead atoms. The van der Waals surface area contributed by atoms with E-state index in [0.29, 0.717) is 35.5 Å². The monoisotopic (exact) mass is 649 g/mol. The minimum absolute atomic E-state index is 0.0307. The molecule has 0 amide bonds. The molecular formula is C39H39NO6S. The summed E-state index contributed by atoms with van der Waals surface area (Å²) >= 11 is 1.66. The molecule has 0 spiro atoms. The topological polar surface area (TPSA) is 91.0 Å². The Balaban J connectivity index is 0.886. The Morgan fingerprint density at radius 1 is 0.723 bits per heavy atom. The molecule has 0 saturated carbocycles. The van der Waals surface area contributed by atoms with Crippen LogP contribution >= 0.6 is 11.3 Å². The van der Waals surface area contributed by atoms with Crippen molar-refractivity contribution in [3.63, 3.8) is 0 Å². The number of thiazole rings is 1. The number of hydrogen-bond acceptors (Lipinski definition) is 8. The maximum Gasteiger partial charge on any atom is 0.336 e. The van der Waals surface area contributed by atoms with Gasteiger partial charge in [-0.2, -0.15) is 0 Å². The van der Waals surface area contributed by atoms with Gasteiger partial charge in [-0.05, 0) is 48.7 Å². The largest absolute Gasteiger partial charge is 0.507 e. The summed E-state index contributed by atoms with van der Waals surface area (Å²) in [5.41, 5.74) is 3.29. The van der Waals surface area contributed by atoms with Crippen molar-refractivity contribution in [2.75, 3.05) is 20.3 Å². The number of methoxy groups -OCH3 is 1. The number of ether oxygens (including phenoxy) is 3. The van der Waals surface area contributed by atoms with Gasteiger partial charge in [0, 0.05) is 23.8 Å². The molecule has 6 aromatic rings. The summed E-state index contributed by atoms with van der Waals surface area (Å²) in [7, 11) is 1.67. The molecule has 0 aliphatic carbocycles. The van der Waals surface area contributed by atoms with Crippen LogP contribution in [0.15, 0.2) is 100 Å². The second-order valence-corrected chi connectivity index (χ2v) is 12.6. The number of nitrogens with zero attached hydrogens (tertiary/aromatic N) is 1. The molecule has 2 heterocycles. The predicted molar refractivity (Wildman–Crippen MR) is 189 cm³/mol. The van der Waals surface area contributed by atoms with Gasteiger partial charge < -0.3 is 23.7 Å². The van der Waals surface area contributed by atoms with Gasteiger partial charge in [-0.25, -0.2) is 9.78 Å². The molecule has 0 atom stereocenters. The van der Waals surface area contributed by atoms with Gasteiger partial charge in [0.15, 0.2) is 0 Å². The summed E-state index contributed by atoms with van der Waals surface area (Å²) in [6.45, 7) is 1.21. The highest BCUT2D eigenvalue weighted by molar-refractivity contribution is 7.21. The number of unbranched alkanes of at least 4 members (excludes halogenated alkanes) is 7. The zero-order chi connectivity index (χ0) is 32.4. The van der Waals surface area contributed by atoms with Crippen LogP contribution in [0.2, 0.25) is 0 Å². The summed E-state index contributed by atoms with van der Waals surface area (Å²) in [4.78, 5) is 17.0. The Morgan fingerprint density at radius 2 is 1.43 bits per heavy atom. The van der Waals surface area contributed by atoms with E-state index in [0.717, 1.165) is 70.0 Å². The summed E-state index contributed by atoms with van der Waals surface area (Å²) in [5, 5.41) is 12.2. The summed E-state index contributed by atoms with van der Waals surface area (Å²) < 4.78 is 24.2. The maximum atomic E-state index is 12.2. The molecule has 6 rings (SSSR count). The van der Waals surface area contributed by atoms with Crippen molar-refractivity contribution in [2.45, 2.75) is 51.4 Å². The van der Waals surface area contributed by atoms with Crippen molar-refractivity contribution in [1.29, 1.82) is 0 Å². The minimum atomic E-state index is -0.465. The molecule has 47 heavy (non-hydrogen) atoms. The highest BCUT2D eigenvalue weighted by atomic mass is 32.1. The van der Waals surface area contributed by atoms with E-state index in [-0.39, 0.29) is 5.75 Å². The van der Waals surface area contributed by atoms with Crippen molar-refractivity contribution in [3.05, 3.63) is 101 Å². The molecule has 2 aromatic heterocycles. The van der Waals surface area contributed by atoms with Crippen LogP contribution in [0.3, 0.4) is 0 Å². The van der Waals surface area contributed by atoms with Crippen molar-refractivity contribution in [1.82, 2.24) is 4.98 Å². The third-order valence-electron chi connectivity index (χ3n) is 8.16. The van der Waals surface area contributed by atoms with Crippen LogP contribution in [-0.4, -0.2) is 30.4 Å². The molecule has 4 aromatic carbocycles. The van der Waals surface area contributed by atoms with Gasteiger partial charge >= 0.3 is 5.63 Å². The number of hydrogen-bond donors (Lipinski definition) is 1. The van der Waals surface area contributed by atoms with Crippen molar-refractivity contribution in [2.24, 2.45) is 0 Å². The molecule has 0 radical (unpaired) electrons. The van der Waals surface area contributed by atoms with Crippen LogP contribution in [0.5, 0.6) is 23.0 Å². The lowest BCUT2D eigenvalue weighted by molar-refractivity contribution is 0.300. The number of aromatic nitrogens is 1. The van der Waals surface area contributed by atoms with E-state index in [1.807, 2.05) is 66.7 Å². The lowest BCUT2D eigenvalue weighted by Crippen LogP contribution is -2.00. The van der Waals surface area contributed by atoms with Crippen LogP contribution in [-0.2, 0) is 0 Å². The number of benzene rings is 4. The Hall–Kier alpha value is -4.82. The Bertz CT molecular complexity index is 1950. The molecule has 0 aliphatic heterocycles. The second kappa shape index (κ2) is 15.6. The second-order valence-electron chi connectivity index (χ2n) is 11.5. The lowest BCUT2D eigenvalue weighted by atomic mass is 10.0. The molecule has 7 nitrogen and oxygen atoms in total. The highest BCUT2D eigenvalue weighted by Crippen LogP contribution is 2.39. The first-order valence-electron chi connectivity index (χ1n) is 16.2. The highest BCUT2D eigenvalue weighted by Gasteiger charge is 2.15. The van der Waals surface area contributed by atoms with Crippen molar-refractivity contribution < 1.29 is 23.7 Å². The fraction of sp³-hybridized carbons (Fsp3) is 0.282. The molecule has 1 N–H and O–H groups in total. The Morgan fingerprint density at radius 3 is 2.17 bits per heavy atom. The van der Waals surface area contributed by atoms with Crippen molar-refractivity contribution >= 4 is 32.5 Å². The van der Waals surface area contributed by atoms with Gasteiger partial charge in [0.1, 0.15) is 33.6 Å². The molecule has 242 valence electrons. The number of rotatable bonds is 16. The smallest absolute Gasteiger partial charge is 0.336 e. The first kappa shape index (κ1) is 32.1. The first-order valence-corrected chi connectivity index (χ1v) is 17.1. The zero-order valence-electron chi connectivity index (χ0n) is 26.6. The summed E-state index contributed by atoms with van der Waals surface area (Å²) in [6, 6.07) is 28.3. The SMILES string of the molecule is COc1ccc(OCCCCCCCCCCOc2cc(O)c3c(-c4ccccc4)cc(=O)oc3c2)c(-c2nc3ccccc3s2)c1. The van der Waals surface area contributed by atoms with Gasteiger partial charge in [0.2, 0.25) is 0 Å². The van der Waals surface area contributed by atoms with E-state index in [1.54, 1.807) is 30.6 Å². The third kappa shape index (κ3) is 8.13. The van der Waals surface area contributed by atoms with E-state index in [9.17, 15) is 9.90 Å². The average Bonchev–Trinajstić information content (AvgIpc) is 3.53. The lowest BCUT2D eigenvalue weighted by Gasteiger charge is -2.12. The van der Waals surface area contributed by atoms with E-state index < -0.39 is 5.63 Å². The van der Waals surface area contributed by atoms with Gasteiger partial charge in [0.25, 0.3) is 0 Å². The Labute approximate surface area is 278 Å². The van der Waals surface area contributed by atoms with Gasteiger partial charge in [-0.3, -0.25) is 0 Å². The Kier molecular flexibility index (Phi) is 10.7. The fourth-order valence-corrected chi connectivity index (χ4v) is 6.72. The van der Waals surface area contributed by atoms with E-state index in [1.165, 1.54) is 25.3 Å². The third-order valence-corrected chi connectivity index (χ3v) is 9.23. The molecular weight excluding hydrogens is 610 g/mol. The number of phenolic OH excluding ortho intramolecular Hbond substituents is 1. The molecule has 0 unspecified atom stereocenters. The van der Waals surface area contributed by atoms with Gasteiger partial charge in [-0.15, -0.1) is 11.3 Å². The van der Waals surface area contributed by atoms with Crippen molar-refractivity contribution in [3.8, 4) is 44.7 Å². The maximum absolute atomic E-state index is 12.2. The van der Waals surface area contributed by atoms with Crippen LogP contribution in [0.25, 0.3) is 42.9 Å². The molecule has 0 aliphatic rings. The first-order chi connectivity index (χ1) is 23.1. The average molecular weight is 650 g/mol. The molecule has 8 heteroatoms. The summed E-state index contributed by atoms with van der Waals surface area (Å²) in [5.74, 6) is 2.15. The fourth-order valence-electron chi connectivity index (χ4n) is 5.74. The van der Waals surface area contributed by atoms with Crippen LogP contribution in [0, 0.1) is 0 Å². The van der Waals surface area contributed by atoms with E-state index in [2.05, 4.69) is 6.07 Å². The van der Waals surface area contributed by atoms with Crippen LogP contribution in [0.1, 0.15) is 51.4 Å².